The Morgan fingerprint density at radius 2 is 1.85 bits per heavy atom. The van der Waals surface area contributed by atoms with Gasteiger partial charge in [0.15, 0.2) is 5.96 Å². The molecule has 20 heavy (non-hydrogen) atoms. The van der Waals surface area contributed by atoms with Gasteiger partial charge in [-0.2, -0.15) is 4.99 Å². The van der Waals surface area contributed by atoms with Crippen molar-refractivity contribution in [1.82, 2.24) is 4.90 Å². The molecule has 108 valence electrons. The van der Waals surface area contributed by atoms with Crippen LogP contribution < -0.4 is 17.2 Å². The van der Waals surface area contributed by atoms with Crippen molar-refractivity contribution in [2.24, 2.45) is 27.2 Å². The van der Waals surface area contributed by atoms with Crippen LogP contribution in [0.5, 0.6) is 0 Å². The van der Waals surface area contributed by atoms with Crippen LogP contribution in [0.25, 0.3) is 0 Å². The molecule has 0 atom stereocenters. The molecule has 0 radical (unpaired) electrons. The molecule has 0 aliphatic heterocycles. The quantitative estimate of drug-likeness (QED) is 0.526. The molecule has 1 amide bonds. The molecule has 0 saturated carbocycles. The number of hydrogen-bond donors (Lipinski definition) is 3. The van der Waals surface area contributed by atoms with Crippen LogP contribution in [0.4, 0.5) is 5.69 Å². The van der Waals surface area contributed by atoms with Crippen molar-refractivity contribution in [3.05, 3.63) is 29.8 Å². The predicted octanol–water partition coefficient (Wildman–Crippen LogP) is -0.0730. The lowest BCUT2D eigenvalue weighted by atomic mass is 10.1. The minimum atomic E-state index is -0.147. The maximum absolute atomic E-state index is 11.6. The van der Waals surface area contributed by atoms with E-state index in [1.54, 1.807) is 25.1 Å². The first-order valence-electron chi connectivity index (χ1n) is 6.12. The lowest BCUT2D eigenvalue weighted by molar-refractivity contribution is -0.128. The van der Waals surface area contributed by atoms with Crippen molar-refractivity contribution in [1.29, 1.82) is 0 Å². The Kier molecular flexibility index (Phi) is 5.52. The zero-order valence-corrected chi connectivity index (χ0v) is 11.7. The summed E-state index contributed by atoms with van der Waals surface area (Å²) in [5.41, 5.74) is 17.6. The first kappa shape index (κ1) is 15.5. The van der Waals surface area contributed by atoms with E-state index < -0.39 is 0 Å². The van der Waals surface area contributed by atoms with Gasteiger partial charge < -0.3 is 22.1 Å². The zero-order chi connectivity index (χ0) is 15.1. The average molecular weight is 276 g/mol. The van der Waals surface area contributed by atoms with Crippen LogP contribution in [-0.4, -0.2) is 36.8 Å². The molecule has 0 unspecified atom stereocenters. The number of rotatable bonds is 4. The van der Waals surface area contributed by atoms with Gasteiger partial charge in [-0.3, -0.25) is 4.79 Å². The van der Waals surface area contributed by atoms with Gasteiger partial charge in [0, 0.05) is 20.5 Å². The summed E-state index contributed by atoms with van der Waals surface area (Å²) >= 11 is 0. The summed E-state index contributed by atoms with van der Waals surface area (Å²) in [7, 11) is 3.45. The van der Waals surface area contributed by atoms with E-state index >= 15 is 0 Å². The molecular formula is C13H20N6O. The monoisotopic (exact) mass is 276 g/mol. The van der Waals surface area contributed by atoms with Crippen molar-refractivity contribution in [3.63, 3.8) is 0 Å². The summed E-state index contributed by atoms with van der Waals surface area (Å²) in [5.74, 6) is -0.108. The van der Waals surface area contributed by atoms with Crippen LogP contribution in [0, 0.1) is 0 Å². The molecule has 6 N–H and O–H groups in total. The molecule has 0 aliphatic rings. The topological polar surface area (TPSA) is 123 Å². The second-order valence-corrected chi connectivity index (χ2v) is 4.42. The van der Waals surface area contributed by atoms with Gasteiger partial charge in [0.25, 0.3) is 0 Å². The summed E-state index contributed by atoms with van der Waals surface area (Å²) < 4.78 is 0. The Morgan fingerprint density at radius 1 is 1.20 bits per heavy atom. The second kappa shape index (κ2) is 7.13. The minimum Gasteiger partial charge on any atom is -0.370 e. The molecule has 1 aromatic rings. The van der Waals surface area contributed by atoms with E-state index in [1.807, 2.05) is 18.2 Å². The molecule has 0 bridgehead atoms. The van der Waals surface area contributed by atoms with Gasteiger partial charge in [-0.05, 0) is 18.1 Å². The number of hydrogen-bond acceptors (Lipinski definition) is 2. The third-order valence-electron chi connectivity index (χ3n) is 2.58. The number of benzene rings is 1. The van der Waals surface area contributed by atoms with Crippen molar-refractivity contribution in [2.75, 3.05) is 14.1 Å². The molecule has 0 fully saturated rings. The molecule has 0 aromatic heterocycles. The van der Waals surface area contributed by atoms with Gasteiger partial charge in [0.2, 0.25) is 11.9 Å². The predicted molar refractivity (Wildman–Crippen MR) is 80.5 cm³/mol. The van der Waals surface area contributed by atoms with E-state index in [1.165, 1.54) is 0 Å². The normalized spacial score (nSPS) is 11.0. The van der Waals surface area contributed by atoms with Crippen LogP contribution >= 0.6 is 0 Å². The van der Waals surface area contributed by atoms with E-state index in [0.29, 0.717) is 18.5 Å². The number of carbonyl (C=O) groups excluding carboxylic acids is 1. The zero-order valence-electron chi connectivity index (χ0n) is 11.7. The van der Waals surface area contributed by atoms with E-state index in [4.69, 9.17) is 17.2 Å². The minimum absolute atomic E-state index is 0.0172. The van der Waals surface area contributed by atoms with Gasteiger partial charge in [-0.25, -0.2) is 4.99 Å². The van der Waals surface area contributed by atoms with Gasteiger partial charge in [-0.1, -0.05) is 18.2 Å². The summed E-state index contributed by atoms with van der Waals surface area (Å²) in [4.78, 5) is 21.0. The Morgan fingerprint density at radius 3 is 2.45 bits per heavy atom. The van der Waals surface area contributed by atoms with E-state index in [-0.39, 0.29) is 17.8 Å². The number of nitrogens with zero attached hydrogens (tertiary/aromatic N) is 3. The van der Waals surface area contributed by atoms with E-state index in [0.717, 1.165) is 5.56 Å². The van der Waals surface area contributed by atoms with Crippen LogP contribution in [0.3, 0.4) is 0 Å². The highest BCUT2D eigenvalue weighted by Gasteiger charge is 2.07. The van der Waals surface area contributed by atoms with Crippen molar-refractivity contribution in [3.8, 4) is 0 Å². The molecule has 1 rings (SSSR count). The fourth-order valence-corrected chi connectivity index (χ4v) is 1.58. The Bertz CT molecular complexity index is 531. The maximum atomic E-state index is 11.6. The van der Waals surface area contributed by atoms with Crippen molar-refractivity contribution in [2.45, 2.75) is 12.8 Å². The van der Waals surface area contributed by atoms with Gasteiger partial charge in [0.05, 0.1) is 5.69 Å². The molecule has 0 aliphatic carbocycles. The Labute approximate surface area is 118 Å². The average Bonchev–Trinajstić information content (AvgIpc) is 2.36. The van der Waals surface area contributed by atoms with Crippen LogP contribution in [-0.2, 0) is 11.2 Å². The number of amides is 1. The maximum Gasteiger partial charge on any atom is 0.223 e. The molecular weight excluding hydrogens is 256 g/mol. The largest absolute Gasteiger partial charge is 0.370 e. The number of guanidine groups is 2. The number of para-hydroxylation sites is 1. The molecule has 7 heteroatoms. The van der Waals surface area contributed by atoms with Gasteiger partial charge >= 0.3 is 0 Å². The fraction of sp³-hybridized carbons (Fsp3) is 0.308. The summed E-state index contributed by atoms with van der Waals surface area (Å²) in [6.07, 6.45) is 0.980. The molecule has 0 saturated heterocycles. The van der Waals surface area contributed by atoms with E-state index in [2.05, 4.69) is 9.98 Å². The molecule has 0 heterocycles. The highest BCUT2D eigenvalue weighted by molar-refractivity contribution is 5.93. The first-order chi connectivity index (χ1) is 9.40. The summed E-state index contributed by atoms with van der Waals surface area (Å²) in [6.45, 7) is 0. The second-order valence-electron chi connectivity index (χ2n) is 4.42. The van der Waals surface area contributed by atoms with E-state index in [9.17, 15) is 4.79 Å². The fourth-order valence-electron chi connectivity index (χ4n) is 1.58. The van der Waals surface area contributed by atoms with Gasteiger partial charge in [0.1, 0.15) is 0 Å². The lowest BCUT2D eigenvalue weighted by Crippen LogP contribution is -2.26. The van der Waals surface area contributed by atoms with Crippen molar-refractivity contribution >= 4 is 23.5 Å². The highest BCUT2D eigenvalue weighted by atomic mass is 16.2. The summed E-state index contributed by atoms with van der Waals surface area (Å²) in [6, 6.07) is 7.40. The smallest absolute Gasteiger partial charge is 0.223 e. The SMILES string of the molecule is CN(C)C(=O)CCc1ccccc1N=C(N)N=C(N)N. The van der Waals surface area contributed by atoms with Crippen LogP contribution in [0.2, 0.25) is 0 Å². The highest BCUT2D eigenvalue weighted by Crippen LogP contribution is 2.20. The lowest BCUT2D eigenvalue weighted by Gasteiger charge is -2.10. The molecule has 1 aromatic carbocycles. The summed E-state index contributed by atoms with van der Waals surface area (Å²) in [5, 5.41) is 0. The number of nitrogens with two attached hydrogens (primary N) is 3. The van der Waals surface area contributed by atoms with Gasteiger partial charge in [-0.15, -0.1) is 0 Å². The third kappa shape index (κ3) is 4.97. The van der Waals surface area contributed by atoms with Crippen molar-refractivity contribution < 1.29 is 4.79 Å². The number of aryl methyl sites for hydroxylation is 1. The molecule has 0 spiro atoms. The molecule has 7 nitrogen and oxygen atoms in total. The Hall–Kier alpha value is -2.57. The van der Waals surface area contributed by atoms with Crippen LogP contribution in [0.1, 0.15) is 12.0 Å². The van der Waals surface area contributed by atoms with Crippen LogP contribution in [0.15, 0.2) is 34.3 Å². The Balaban J connectivity index is 2.89. The standard InChI is InChI=1S/C13H20N6O/c1-19(2)11(20)8-7-9-5-3-4-6-10(9)17-13(16)18-12(14)15/h3-6H,7-8H2,1-2H3,(H6,14,15,16,17,18). The number of aliphatic imine (C=N–C) groups is 2. The number of carbonyl (C=O) groups is 1. The first-order valence-corrected chi connectivity index (χ1v) is 6.12. The third-order valence-corrected chi connectivity index (χ3v) is 2.58.